The van der Waals surface area contributed by atoms with Crippen LogP contribution < -0.4 is 4.43 Å². The van der Waals surface area contributed by atoms with Crippen LogP contribution in [0.5, 0.6) is 5.75 Å². The van der Waals surface area contributed by atoms with Crippen LogP contribution in [0, 0.1) is 6.92 Å². The summed E-state index contributed by atoms with van der Waals surface area (Å²) in [6.45, 7) is 6.39. The smallest absolute Gasteiger partial charge is 0.229 e. The molecule has 0 spiro atoms. The lowest BCUT2D eigenvalue weighted by Crippen LogP contribution is -2.11. The normalized spacial score (nSPS) is 11.3. The maximum Gasteiger partial charge on any atom is 0.229 e. The second kappa shape index (κ2) is 5.98. The van der Waals surface area contributed by atoms with Gasteiger partial charge in [0.05, 0.1) is 0 Å². The van der Waals surface area contributed by atoms with Crippen molar-refractivity contribution < 1.29 is 4.43 Å². The van der Waals surface area contributed by atoms with Crippen molar-refractivity contribution >= 4 is 32.3 Å². The summed E-state index contributed by atoms with van der Waals surface area (Å²) in [5, 5.41) is 2.05. The fourth-order valence-electron chi connectivity index (χ4n) is 1.57. The van der Waals surface area contributed by atoms with Gasteiger partial charge in [-0.05, 0) is 49.2 Å². The van der Waals surface area contributed by atoms with Gasteiger partial charge in [-0.15, -0.1) is 11.3 Å². The number of benzene rings is 1. The van der Waals surface area contributed by atoms with Crippen molar-refractivity contribution in [2.45, 2.75) is 20.0 Å². The second-order valence-electron chi connectivity index (χ2n) is 4.41. The molecule has 0 aliphatic heterocycles. The minimum absolute atomic E-state index is 0.907. The van der Waals surface area contributed by atoms with Crippen LogP contribution in [0.2, 0.25) is 13.1 Å². The Balaban J connectivity index is 2.26. The zero-order valence-electron chi connectivity index (χ0n) is 10.9. The Hall–Kier alpha value is -1.39. The lowest BCUT2D eigenvalue weighted by atomic mass is 10.2. The second-order valence-corrected chi connectivity index (χ2v) is 7.72. The van der Waals surface area contributed by atoms with Crippen LogP contribution in [-0.4, -0.2) is 15.3 Å². The van der Waals surface area contributed by atoms with Gasteiger partial charge in [0, 0.05) is 11.1 Å². The largest absolute Gasteiger partial charge is 0.546 e. The van der Waals surface area contributed by atoms with Gasteiger partial charge in [-0.1, -0.05) is 12.1 Å². The van der Waals surface area contributed by atoms with E-state index < -0.39 is 9.04 Å². The first kappa shape index (κ1) is 13.0. The molecular formula is C14H17NOSSi. The minimum Gasteiger partial charge on any atom is -0.546 e. The summed E-state index contributed by atoms with van der Waals surface area (Å²) in [5.74, 6) is 0.907. The van der Waals surface area contributed by atoms with Crippen molar-refractivity contribution in [3.05, 3.63) is 46.2 Å². The van der Waals surface area contributed by atoms with E-state index in [4.69, 9.17) is 4.43 Å². The van der Waals surface area contributed by atoms with Gasteiger partial charge >= 0.3 is 0 Å². The van der Waals surface area contributed by atoms with E-state index in [0.29, 0.717) is 0 Å². The minimum atomic E-state index is -1.10. The lowest BCUT2D eigenvalue weighted by Gasteiger charge is -2.12. The third kappa shape index (κ3) is 3.55. The molecule has 18 heavy (non-hydrogen) atoms. The van der Waals surface area contributed by atoms with Crippen LogP contribution in [0.15, 0.2) is 40.7 Å². The molecule has 0 saturated carbocycles. The molecule has 1 aromatic heterocycles. The maximum absolute atomic E-state index is 5.92. The van der Waals surface area contributed by atoms with Gasteiger partial charge < -0.3 is 4.43 Å². The zero-order valence-corrected chi connectivity index (χ0v) is 12.9. The van der Waals surface area contributed by atoms with E-state index in [2.05, 4.69) is 48.6 Å². The first-order valence-corrected chi connectivity index (χ1v) is 9.66. The van der Waals surface area contributed by atoms with Crippen LogP contribution >= 0.6 is 11.3 Å². The summed E-state index contributed by atoms with van der Waals surface area (Å²) >= 11 is 1.68. The molecule has 0 atom stereocenters. The summed E-state index contributed by atoms with van der Waals surface area (Å²) in [7, 11) is -1.10. The molecule has 0 aliphatic carbocycles. The molecule has 0 saturated heterocycles. The highest BCUT2D eigenvalue weighted by Crippen LogP contribution is 2.29. The lowest BCUT2D eigenvalue weighted by molar-refractivity contribution is 0.581. The highest BCUT2D eigenvalue weighted by molar-refractivity contribution is 7.11. The molecule has 2 aromatic rings. The average molecular weight is 275 g/mol. The molecule has 1 heterocycles. The van der Waals surface area contributed by atoms with Crippen LogP contribution in [-0.2, 0) is 0 Å². The van der Waals surface area contributed by atoms with E-state index in [9.17, 15) is 0 Å². The molecule has 0 fully saturated rings. The number of nitrogens with zero attached hydrogens (tertiary/aromatic N) is 1. The first-order valence-electron chi connectivity index (χ1n) is 6.00. The molecule has 2 nitrogen and oxygen atoms in total. The molecule has 0 unspecified atom stereocenters. The van der Waals surface area contributed by atoms with Gasteiger partial charge in [0.15, 0.2) is 0 Å². The van der Waals surface area contributed by atoms with E-state index in [-0.39, 0.29) is 0 Å². The number of rotatable bonds is 4. The summed E-state index contributed by atoms with van der Waals surface area (Å²) in [6.07, 6.45) is 1.89. The molecule has 1 aromatic carbocycles. The van der Waals surface area contributed by atoms with Crippen molar-refractivity contribution in [1.29, 1.82) is 0 Å². The van der Waals surface area contributed by atoms with E-state index in [0.717, 1.165) is 16.3 Å². The highest BCUT2D eigenvalue weighted by Gasteiger charge is 2.05. The molecule has 0 N–H and O–H groups in total. The Bertz CT molecular complexity index is 535. The van der Waals surface area contributed by atoms with Crippen molar-refractivity contribution in [2.24, 2.45) is 4.99 Å². The molecule has 2 rings (SSSR count). The number of aliphatic imine (C=N–C) groups is 1. The number of thiophene rings is 1. The Morgan fingerprint density at radius 1 is 1.28 bits per heavy atom. The summed E-state index contributed by atoms with van der Waals surface area (Å²) in [4.78, 5) is 5.68. The Morgan fingerprint density at radius 2 is 2.11 bits per heavy atom. The number of aryl methyl sites for hydroxylation is 1. The molecule has 0 aliphatic rings. The molecule has 4 heteroatoms. The molecular weight excluding hydrogens is 258 g/mol. The van der Waals surface area contributed by atoms with Crippen LogP contribution in [0.4, 0.5) is 5.69 Å². The Kier molecular flexibility index (Phi) is 4.33. The highest BCUT2D eigenvalue weighted by atomic mass is 32.1. The standard InChI is InChI=1S/C14H17NOSSi/c1-11-6-7-13(14(9-11)16-18(2)3)15-10-12-5-4-8-17-12/h4-10,18H,1-3H3. The van der Waals surface area contributed by atoms with Gasteiger partial charge in [0.25, 0.3) is 0 Å². The number of hydrogen-bond acceptors (Lipinski definition) is 3. The van der Waals surface area contributed by atoms with E-state index in [1.165, 1.54) is 5.56 Å². The van der Waals surface area contributed by atoms with E-state index >= 15 is 0 Å². The first-order chi connectivity index (χ1) is 8.65. The monoisotopic (exact) mass is 275 g/mol. The van der Waals surface area contributed by atoms with Gasteiger partial charge in [-0.3, -0.25) is 4.99 Å². The summed E-state index contributed by atoms with van der Waals surface area (Å²) in [5.41, 5.74) is 2.12. The van der Waals surface area contributed by atoms with Gasteiger partial charge in [-0.2, -0.15) is 0 Å². The average Bonchev–Trinajstić information content (AvgIpc) is 2.80. The molecule has 94 valence electrons. The van der Waals surface area contributed by atoms with Crippen molar-refractivity contribution in [3.8, 4) is 5.75 Å². The van der Waals surface area contributed by atoms with Crippen molar-refractivity contribution in [3.63, 3.8) is 0 Å². The van der Waals surface area contributed by atoms with Crippen molar-refractivity contribution in [1.82, 2.24) is 0 Å². The molecule has 0 amide bonds. The van der Waals surface area contributed by atoms with E-state index in [1.807, 2.05) is 18.3 Å². The van der Waals surface area contributed by atoms with E-state index in [1.54, 1.807) is 11.3 Å². The molecule has 0 bridgehead atoms. The number of hydrogen-bond donors (Lipinski definition) is 0. The molecule has 0 radical (unpaired) electrons. The topological polar surface area (TPSA) is 21.6 Å². The van der Waals surface area contributed by atoms with Crippen molar-refractivity contribution in [2.75, 3.05) is 0 Å². The maximum atomic E-state index is 5.92. The van der Waals surface area contributed by atoms with Crippen LogP contribution in [0.3, 0.4) is 0 Å². The summed E-state index contributed by atoms with van der Waals surface area (Å²) < 4.78 is 5.92. The fraction of sp³-hybridized carbons (Fsp3) is 0.214. The summed E-state index contributed by atoms with van der Waals surface area (Å²) in [6, 6.07) is 10.2. The van der Waals surface area contributed by atoms with Gasteiger partial charge in [0.2, 0.25) is 9.04 Å². The predicted molar refractivity (Wildman–Crippen MR) is 82.3 cm³/mol. The third-order valence-corrected chi connectivity index (χ3v) is 3.88. The SMILES string of the molecule is Cc1ccc(N=Cc2cccs2)c(O[SiH](C)C)c1. The van der Waals surface area contributed by atoms with Gasteiger partial charge in [0.1, 0.15) is 11.4 Å². The van der Waals surface area contributed by atoms with Gasteiger partial charge in [-0.25, -0.2) is 0 Å². The quantitative estimate of drug-likeness (QED) is 0.606. The predicted octanol–water partition coefficient (Wildman–Crippen LogP) is 4.17. The third-order valence-electron chi connectivity index (χ3n) is 2.35. The Labute approximate surface area is 114 Å². The van der Waals surface area contributed by atoms with Crippen LogP contribution in [0.1, 0.15) is 10.4 Å². The zero-order chi connectivity index (χ0) is 13.0. The van der Waals surface area contributed by atoms with Crippen LogP contribution in [0.25, 0.3) is 0 Å². The fourth-order valence-corrected chi connectivity index (χ4v) is 2.86. The Morgan fingerprint density at radius 3 is 2.78 bits per heavy atom.